The maximum absolute atomic E-state index is 12.1. The summed E-state index contributed by atoms with van der Waals surface area (Å²) in [6, 6.07) is 16.6. The van der Waals surface area contributed by atoms with Crippen molar-refractivity contribution in [3.8, 4) is 5.75 Å². The molecule has 27 heavy (non-hydrogen) atoms. The first-order valence-electron chi connectivity index (χ1n) is 9.50. The molecule has 0 bridgehead atoms. The number of nitrogens with one attached hydrogen (secondary N) is 1. The molecule has 0 saturated carbocycles. The van der Waals surface area contributed by atoms with Crippen molar-refractivity contribution in [3.63, 3.8) is 0 Å². The third-order valence-electron chi connectivity index (χ3n) is 4.92. The Bertz CT molecular complexity index is 748. The summed E-state index contributed by atoms with van der Waals surface area (Å²) < 4.78 is 11.0. The lowest BCUT2D eigenvalue weighted by Crippen LogP contribution is -2.30. The second-order valence-corrected chi connectivity index (χ2v) is 6.73. The number of rotatable bonds is 7. The van der Waals surface area contributed by atoms with Crippen LogP contribution < -0.4 is 10.1 Å². The van der Waals surface area contributed by atoms with Crippen LogP contribution in [-0.2, 0) is 22.7 Å². The lowest BCUT2D eigenvalue weighted by molar-refractivity contribution is -0.121. The standard InChI is InChI=1S/C22H28N2O3/c1-3-27-16-19-13-17(9-10-21(19)26-2)15-24-12-11-23-22(25)14-20(24)18-7-5-4-6-8-18/h4-10,13,20H,3,11-12,14-16H2,1-2H3,(H,23,25). The molecule has 0 radical (unpaired) electrons. The summed E-state index contributed by atoms with van der Waals surface area (Å²) in [6.07, 6.45) is 0.478. The SMILES string of the molecule is CCOCc1cc(CN2CCNC(=O)CC2c2ccccc2)ccc1OC. The van der Waals surface area contributed by atoms with E-state index in [9.17, 15) is 4.79 Å². The molecule has 5 nitrogen and oxygen atoms in total. The summed E-state index contributed by atoms with van der Waals surface area (Å²) in [7, 11) is 1.68. The van der Waals surface area contributed by atoms with E-state index in [0.717, 1.165) is 24.4 Å². The van der Waals surface area contributed by atoms with Gasteiger partial charge in [0.25, 0.3) is 0 Å². The van der Waals surface area contributed by atoms with Crippen molar-refractivity contribution < 1.29 is 14.3 Å². The van der Waals surface area contributed by atoms with Gasteiger partial charge in [-0.15, -0.1) is 0 Å². The van der Waals surface area contributed by atoms with E-state index in [-0.39, 0.29) is 11.9 Å². The summed E-state index contributed by atoms with van der Waals surface area (Å²) in [5.41, 5.74) is 3.43. The van der Waals surface area contributed by atoms with Crippen LogP contribution >= 0.6 is 0 Å². The van der Waals surface area contributed by atoms with Gasteiger partial charge in [0.15, 0.2) is 0 Å². The average molecular weight is 368 g/mol. The second kappa shape index (κ2) is 9.53. The zero-order chi connectivity index (χ0) is 19.1. The Morgan fingerprint density at radius 2 is 2.00 bits per heavy atom. The van der Waals surface area contributed by atoms with E-state index in [0.29, 0.717) is 26.2 Å². The summed E-state index contributed by atoms with van der Waals surface area (Å²) in [5, 5.41) is 3.00. The highest BCUT2D eigenvalue weighted by atomic mass is 16.5. The minimum Gasteiger partial charge on any atom is -0.496 e. The fraction of sp³-hybridized carbons (Fsp3) is 0.409. The molecule has 1 atom stereocenters. The molecule has 1 N–H and O–H groups in total. The van der Waals surface area contributed by atoms with Gasteiger partial charge >= 0.3 is 0 Å². The van der Waals surface area contributed by atoms with Crippen LogP contribution in [0.5, 0.6) is 5.75 Å². The molecule has 0 aromatic heterocycles. The third-order valence-corrected chi connectivity index (χ3v) is 4.92. The lowest BCUT2D eigenvalue weighted by Gasteiger charge is -2.29. The molecule has 0 aliphatic carbocycles. The van der Waals surface area contributed by atoms with E-state index >= 15 is 0 Å². The predicted octanol–water partition coefficient (Wildman–Crippen LogP) is 3.29. The number of hydrogen-bond donors (Lipinski definition) is 1. The largest absolute Gasteiger partial charge is 0.496 e. The number of methoxy groups -OCH3 is 1. The van der Waals surface area contributed by atoms with Gasteiger partial charge in [-0.05, 0) is 30.2 Å². The lowest BCUT2D eigenvalue weighted by atomic mass is 10.0. The number of ether oxygens (including phenoxy) is 2. The molecule has 1 aliphatic rings. The monoisotopic (exact) mass is 368 g/mol. The van der Waals surface area contributed by atoms with Crippen molar-refractivity contribution in [3.05, 3.63) is 65.2 Å². The van der Waals surface area contributed by atoms with Crippen LogP contribution in [0.1, 0.15) is 36.1 Å². The Kier molecular flexibility index (Phi) is 6.85. The van der Waals surface area contributed by atoms with Crippen LogP contribution in [0.2, 0.25) is 0 Å². The van der Waals surface area contributed by atoms with E-state index in [1.165, 1.54) is 11.1 Å². The molecule has 1 aliphatic heterocycles. The highest BCUT2D eigenvalue weighted by molar-refractivity contribution is 5.77. The van der Waals surface area contributed by atoms with Gasteiger partial charge in [-0.2, -0.15) is 0 Å². The molecular formula is C22H28N2O3. The minimum atomic E-state index is 0.0751. The fourth-order valence-electron chi connectivity index (χ4n) is 3.55. The second-order valence-electron chi connectivity index (χ2n) is 6.73. The first-order valence-corrected chi connectivity index (χ1v) is 9.50. The van der Waals surface area contributed by atoms with Gasteiger partial charge in [0, 0.05) is 44.3 Å². The van der Waals surface area contributed by atoms with Crippen molar-refractivity contribution in [2.45, 2.75) is 32.5 Å². The van der Waals surface area contributed by atoms with Crippen LogP contribution in [0.15, 0.2) is 48.5 Å². The summed E-state index contributed by atoms with van der Waals surface area (Å²) in [6.45, 7) is 5.46. The molecule has 1 saturated heterocycles. The molecule has 2 aromatic rings. The van der Waals surface area contributed by atoms with E-state index in [4.69, 9.17) is 9.47 Å². The number of benzene rings is 2. The molecule has 2 aromatic carbocycles. The first kappa shape index (κ1) is 19.4. The molecule has 1 heterocycles. The normalized spacial score (nSPS) is 18.0. The topological polar surface area (TPSA) is 50.8 Å². The van der Waals surface area contributed by atoms with Crippen LogP contribution in [0, 0.1) is 0 Å². The van der Waals surface area contributed by atoms with E-state index in [2.05, 4.69) is 34.5 Å². The van der Waals surface area contributed by atoms with Crippen LogP contribution in [-0.4, -0.2) is 37.6 Å². The first-order chi connectivity index (χ1) is 13.2. The molecule has 1 fully saturated rings. The molecule has 1 amide bonds. The number of carbonyl (C=O) groups is 1. The molecule has 0 spiro atoms. The van der Waals surface area contributed by atoms with Gasteiger partial charge in [-0.1, -0.05) is 36.4 Å². The summed E-state index contributed by atoms with van der Waals surface area (Å²) in [4.78, 5) is 14.5. The van der Waals surface area contributed by atoms with Gasteiger partial charge in [-0.25, -0.2) is 0 Å². The van der Waals surface area contributed by atoms with Crippen molar-refractivity contribution in [2.75, 3.05) is 26.8 Å². The zero-order valence-corrected chi connectivity index (χ0v) is 16.1. The predicted molar refractivity (Wildman–Crippen MR) is 106 cm³/mol. The molecule has 1 unspecified atom stereocenters. The van der Waals surface area contributed by atoms with Crippen molar-refractivity contribution >= 4 is 5.91 Å². The van der Waals surface area contributed by atoms with E-state index in [1.54, 1.807) is 7.11 Å². The quantitative estimate of drug-likeness (QED) is 0.815. The minimum absolute atomic E-state index is 0.0751. The Morgan fingerprint density at radius 3 is 2.74 bits per heavy atom. The smallest absolute Gasteiger partial charge is 0.221 e. The maximum Gasteiger partial charge on any atom is 0.221 e. The van der Waals surface area contributed by atoms with Gasteiger partial charge in [-0.3, -0.25) is 9.69 Å². The van der Waals surface area contributed by atoms with Crippen LogP contribution in [0.3, 0.4) is 0 Å². The molecule has 144 valence electrons. The van der Waals surface area contributed by atoms with E-state index in [1.807, 2.05) is 31.2 Å². The van der Waals surface area contributed by atoms with Crippen molar-refractivity contribution in [1.29, 1.82) is 0 Å². The summed E-state index contributed by atoms with van der Waals surface area (Å²) in [5.74, 6) is 0.956. The Labute approximate surface area is 161 Å². The van der Waals surface area contributed by atoms with Crippen LogP contribution in [0.4, 0.5) is 0 Å². The van der Waals surface area contributed by atoms with Crippen LogP contribution in [0.25, 0.3) is 0 Å². The number of nitrogens with zero attached hydrogens (tertiary/aromatic N) is 1. The van der Waals surface area contributed by atoms with E-state index < -0.39 is 0 Å². The third kappa shape index (κ3) is 5.08. The average Bonchev–Trinajstić information content (AvgIpc) is 2.88. The number of hydrogen-bond acceptors (Lipinski definition) is 4. The van der Waals surface area contributed by atoms with Gasteiger partial charge in [0.2, 0.25) is 5.91 Å². The Morgan fingerprint density at radius 1 is 1.19 bits per heavy atom. The molecular weight excluding hydrogens is 340 g/mol. The molecule has 5 heteroatoms. The highest BCUT2D eigenvalue weighted by Gasteiger charge is 2.26. The highest BCUT2D eigenvalue weighted by Crippen LogP contribution is 2.28. The Balaban J connectivity index is 1.83. The van der Waals surface area contributed by atoms with Gasteiger partial charge in [0.1, 0.15) is 5.75 Å². The van der Waals surface area contributed by atoms with Crippen molar-refractivity contribution in [2.24, 2.45) is 0 Å². The fourth-order valence-corrected chi connectivity index (χ4v) is 3.55. The summed E-state index contributed by atoms with van der Waals surface area (Å²) >= 11 is 0. The number of amides is 1. The maximum atomic E-state index is 12.1. The number of carbonyl (C=O) groups excluding carboxylic acids is 1. The van der Waals surface area contributed by atoms with Gasteiger partial charge < -0.3 is 14.8 Å². The van der Waals surface area contributed by atoms with Gasteiger partial charge in [0.05, 0.1) is 13.7 Å². The Hall–Kier alpha value is -2.37. The zero-order valence-electron chi connectivity index (χ0n) is 16.1. The molecule has 3 rings (SSSR count). The van der Waals surface area contributed by atoms with Crippen molar-refractivity contribution in [1.82, 2.24) is 10.2 Å².